The number of aliphatic hydroxyl groups is 1. The summed E-state index contributed by atoms with van der Waals surface area (Å²) in [7, 11) is 1.98. The van der Waals surface area contributed by atoms with Crippen LogP contribution in [0.4, 0.5) is 0 Å². The number of hydrogen-bond acceptors (Lipinski definition) is 4. The van der Waals surface area contributed by atoms with Gasteiger partial charge in [0.1, 0.15) is 5.82 Å². The molecule has 1 unspecified atom stereocenters. The number of hydrogen-bond donors (Lipinski definition) is 1. The van der Waals surface area contributed by atoms with Gasteiger partial charge in [0.2, 0.25) is 0 Å². The third-order valence-electron chi connectivity index (χ3n) is 3.57. The molecule has 0 saturated heterocycles. The number of aromatic nitrogens is 3. The van der Waals surface area contributed by atoms with Crippen LogP contribution in [0.15, 0.2) is 30.3 Å². The predicted molar refractivity (Wildman–Crippen MR) is 83.7 cm³/mol. The van der Waals surface area contributed by atoms with Crippen LogP contribution in [0, 0.1) is 0 Å². The first-order valence-corrected chi connectivity index (χ1v) is 7.35. The van der Waals surface area contributed by atoms with Crippen LogP contribution in [0.1, 0.15) is 26.6 Å². The van der Waals surface area contributed by atoms with Crippen LogP contribution in [0.3, 0.4) is 0 Å². The van der Waals surface area contributed by atoms with E-state index in [1.807, 2.05) is 41.9 Å². The summed E-state index contributed by atoms with van der Waals surface area (Å²) >= 11 is 0. The molecule has 1 aromatic carbocycles. The van der Waals surface area contributed by atoms with Crippen molar-refractivity contribution in [1.82, 2.24) is 19.7 Å². The molecule has 1 aromatic heterocycles. The maximum absolute atomic E-state index is 9.62. The highest BCUT2D eigenvalue weighted by Gasteiger charge is 2.17. The molecule has 0 aliphatic carbocycles. The minimum Gasteiger partial charge on any atom is -0.392 e. The van der Waals surface area contributed by atoms with Gasteiger partial charge in [-0.1, -0.05) is 30.3 Å². The Kier molecular flexibility index (Phi) is 5.09. The van der Waals surface area contributed by atoms with Gasteiger partial charge in [-0.25, -0.2) is 0 Å². The molecule has 5 heteroatoms. The molecule has 0 saturated carbocycles. The SMILES string of the molecule is CC(O)CN(Cc1nnc(-c2ccccc2)n1C)C(C)C. The Morgan fingerprint density at radius 2 is 1.81 bits per heavy atom. The first kappa shape index (κ1) is 15.7. The van der Waals surface area contributed by atoms with Gasteiger partial charge < -0.3 is 9.67 Å². The molecular weight excluding hydrogens is 264 g/mol. The zero-order chi connectivity index (χ0) is 15.4. The molecule has 0 aliphatic heterocycles. The van der Waals surface area contributed by atoms with Gasteiger partial charge in [0, 0.05) is 25.2 Å². The summed E-state index contributed by atoms with van der Waals surface area (Å²) in [5.74, 6) is 1.77. The van der Waals surface area contributed by atoms with Crippen LogP contribution in [0.2, 0.25) is 0 Å². The van der Waals surface area contributed by atoms with Gasteiger partial charge in [-0.15, -0.1) is 10.2 Å². The number of rotatable bonds is 6. The van der Waals surface area contributed by atoms with Crippen molar-refractivity contribution in [3.8, 4) is 11.4 Å². The third-order valence-corrected chi connectivity index (χ3v) is 3.57. The molecule has 0 aliphatic rings. The van der Waals surface area contributed by atoms with Crippen LogP contribution in [0.5, 0.6) is 0 Å². The number of aliphatic hydroxyl groups excluding tert-OH is 1. The first-order valence-electron chi connectivity index (χ1n) is 7.35. The fraction of sp³-hybridized carbons (Fsp3) is 0.500. The van der Waals surface area contributed by atoms with Crippen molar-refractivity contribution in [2.24, 2.45) is 7.05 Å². The van der Waals surface area contributed by atoms with Gasteiger partial charge in [0.25, 0.3) is 0 Å². The van der Waals surface area contributed by atoms with E-state index in [1.54, 1.807) is 6.92 Å². The lowest BCUT2D eigenvalue weighted by Gasteiger charge is -2.27. The topological polar surface area (TPSA) is 54.2 Å². The Labute approximate surface area is 126 Å². The zero-order valence-electron chi connectivity index (χ0n) is 13.2. The summed E-state index contributed by atoms with van der Waals surface area (Å²) in [5.41, 5.74) is 1.06. The highest BCUT2D eigenvalue weighted by Crippen LogP contribution is 2.17. The van der Waals surface area contributed by atoms with Crippen molar-refractivity contribution < 1.29 is 5.11 Å². The van der Waals surface area contributed by atoms with Crippen LogP contribution >= 0.6 is 0 Å². The molecule has 1 heterocycles. The smallest absolute Gasteiger partial charge is 0.163 e. The lowest BCUT2D eigenvalue weighted by molar-refractivity contribution is 0.100. The lowest BCUT2D eigenvalue weighted by Crippen LogP contribution is -2.36. The van der Waals surface area contributed by atoms with E-state index >= 15 is 0 Å². The van der Waals surface area contributed by atoms with Crippen LogP contribution in [-0.2, 0) is 13.6 Å². The Hall–Kier alpha value is -1.72. The molecule has 0 radical (unpaired) electrons. The average molecular weight is 288 g/mol. The van der Waals surface area contributed by atoms with Crippen molar-refractivity contribution in [3.63, 3.8) is 0 Å². The quantitative estimate of drug-likeness (QED) is 0.884. The standard InChI is InChI=1S/C16H24N4O/c1-12(2)20(10-13(3)21)11-15-17-18-16(19(15)4)14-8-6-5-7-9-14/h5-9,12-13,21H,10-11H2,1-4H3. The van der Waals surface area contributed by atoms with Gasteiger partial charge in [-0.2, -0.15) is 0 Å². The van der Waals surface area contributed by atoms with Crippen molar-refractivity contribution in [2.45, 2.75) is 39.5 Å². The monoisotopic (exact) mass is 288 g/mol. The molecule has 0 fully saturated rings. The second-order valence-electron chi connectivity index (χ2n) is 5.74. The molecule has 1 atom stereocenters. The van der Waals surface area contributed by atoms with Crippen LogP contribution in [0.25, 0.3) is 11.4 Å². The van der Waals surface area contributed by atoms with Gasteiger partial charge >= 0.3 is 0 Å². The predicted octanol–water partition coefficient (Wildman–Crippen LogP) is 2.07. The molecule has 0 spiro atoms. The summed E-state index contributed by atoms with van der Waals surface area (Å²) in [4.78, 5) is 2.20. The van der Waals surface area contributed by atoms with Gasteiger partial charge in [-0.3, -0.25) is 4.90 Å². The zero-order valence-corrected chi connectivity index (χ0v) is 13.2. The molecule has 0 bridgehead atoms. The second kappa shape index (κ2) is 6.83. The van der Waals surface area contributed by atoms with Crippen molar-refractivity contribution in [1.29, 1.82) is 0 Å². The molecule has 0 amide bonds. The molecule has 2 aromatic rings. The summed E-state index contributed by atoms with van der Waals surface area (Å²) in [6, 6.07) is 10.4. The fourth-order valence-electron chi connectivity index (χ4n) is 2.32. The Bertz CT molecular complexity index is 563. The van der Waals surface area contributed by atoms with Crippen LogP contribution in [-0.4, -0.2) is 43.5 Å². The second-order valence-corrected chi connectivity index (χ2v) is 5.74. The average Bonchev–Trinajstić information content (AvgIpc) is 2.80. The Balaban J connectivity index is 2.20. The molecule has 5 nitrogen and oxygen atoms in total. The molecule has 1 N–H and O–H groups in total. The maximum Gasteiger partial charge on any atom is 0.163 e. The van der Waals surface area contributed by atoms with E-state index in [2.05, 4.69) is 28.9 Å². The Morgan fingerprint density at radius 3 is 2.38 bits per heavy atom. The minimum atomic E-state index is -0.353. The van der Waals surface area contributed by atoms with E-state index in [-0.39, 0.29) is 6.10 Å². The molecular formula is C16H24N4O. The van der Waals surface area contributed by atoms with Crippen molar-refractivity contribution in [3.05, 3.63) is 36.2 Å². The highest BCUT2D eigenvalue weighted by atomic mass is 16.3. The van der Waals surface area contributed by atoms with E-state index in [1.165, 1.54) is 0 Å². The summed E-state index contributed by atoms with van der Waals surface area (Å²) in [5, 5.41) is 18.2. The maximum atomic E-state index is 9.62. The van der Waals surface area contributed by atoms with E-state index in [9.17, 15) is 5.11 Å². The van der Waals surface area contributed by atoms with Crippen molar-refractivity contribution in [2.75, 3.05) is 6.54 Å². The minimum absolute atomic E-state index is 0.344. The van der Waals surface area contributed by atoms with E-state index in [4.69, 9.17) is 0 Å². The largest absolute Gasteiger partial charge is 0.392 e. The normalized spacial score (nSPS) is 13.1. The first-order chi connectivity index (χ1) is 9.99. The number of benzene rings is 1. The summed E-state index contributed by atoms with van der Waals surface area (Å²) in [6.07, 6.45) is -0.353. The third kappa shape index (κ3) is 3.89. The molecule has 114 valence electrons. The lowest BCUT2D eigenvalue weighted by atomic mass is 10.2. The summed E-state index contributed by atoms with van der Waals surface area (Å²) in [6.45, 7) is 7.36. The van der Waals surface area contributed by atoms with Crippen molar-refractivity contribution >= 4 is 0 Å². The number of nitrogens with zero attached hydrogens (tertiary/aromatic N) is 4. The van der Waals surface area contributed by atoms with Crippen LogP contribution < -0.4 is 0 Å². The fourth-order valence-corrected chi connectivity index (χ4v) is 2.32. The molecule has 21 heavy (non-hydrogen) atoms. The highest BCUT2D eigenvalue weighted by molar-refractivity contribution is 5.54. The van der Waals surface area contributed by atoms with Gasteiger partial charge in [0.05, 0.1) is 12.6 Å². The van der Waals surface area contributed by atoms with E-state index in [0.29, 0.717) is 19.1 Å². The van der Waals surface area contributed by atoms with Gasteiger partial charge in [-0.05, 0) is 20.8 Å². The van der Waals surface area contributed by atoms with E-state index < -0.39 is 0 Å². The Morgan fingerprint density at radius 1 is 1.14 bits per heavy atom. The molecule has 2 rings (SSSR count). The summed E-state index contributed by atoms with van der Waals surface area (Å²) < 4.78 is 2.02. The van der Waals surface area contributed by atoms with Gasteiger partial charge in [0.15, 0.2) is 5.82 Å². The van der Waals surface area contributed by atoms with E-state index in [0.717, 1.165) is 17.2 Å².